The van der Waals surface area contributed by atoms with Crippen molar-refractivity contribution in [1.82, 2.24) is 0 Å². The van der Waals surface area contributed by atoms with E-state index in [9.17, 15) is 4.79 Å². The summed E-state index contributed by atoms with van der Waals surface area (Å²) >= 11 is 0. The zero-order chi connectivity index (χ0) is 17.8. The van der Waals surface area contributed by atoms with E-state index in [0.717, 1.165) is 36.5 Å². The van der Waals surface area contributed by atoms with Crippen LogP contribution in [0.15, 0.2) is 11.6 Å². The monoisotopic (exact) mass is 344 g/mol. The minimum Gasteiger partial charge on any atom is -0.462 e. The first-order chi connectivity index (χ1) is 11.9. The Morgan fingerprint density at radius 3 is 2.72 bits per heavy atom. The predicted octanol–water partition coefficient (Wildman–Crippen LogP) is 5.91. The molecule has 0 saturated heterocycles. The number of rotatable bonds is 2. The summed E-state index contributed by atoms with van der Waals surface area (Å²) in [5.41, 5.74) is 2.63. The number of carbonyl (C=O) groups is 1. The first-order valence-corrected chi connectivity index (χ1v) is 10.7. The molecule has 4 aliphatic rings. The van der Waals surface area contributed by atoms with Crippen molar-refractivity contribution in [2.45, 2.75) is 91.6 Å². The molecule has 0 aromatic heterocycles. The second-order valence-corrected chi connectivity index (χ2v) is 9.98. The highest BCUT2D eigenvalue weighted by Crippen LogP contribution is 2.66. The van der Waals surface area contributed by atoms with Crippen LogP contribution in [0.25, 0.3) is 0 Å². The lowest BCUT2D eigenvalue weighted by molar-refractivity contribution is -0.160. The Hall–Kier alpha value is -0.790. The van der Waals surface area contributed by atoms with E-state index in [1.165, 1.54) is 38.5 Å². The molecule has 140 valence electrons. The number of allylic oxidation sites excluding steroid dienone is 2. The predicted molar refractivity (Wildman–Crippen MR) is 101 cm³/mol. The average molecular weight is 345 g/mol. The molecule has 7 atom stereocenters. The highest BCUT2D eigenvalue weighted by Gasteiger charge is 2.58. The van der Waals surface area contributed by atoms with E-state index in [4.69, 9.17) is 4.74 Å². The quantitative estimate of drug-likeness (QED) is 0.460. The number of hydrogen-bond donors (Lipinski definition) is 0. The molecule has 4 aliphatic carbocycles. The maximum atomic E-state index is 11.7. The van der Waals surface area contributed by atoms with Gasteiger partial charge in [0.2, 0.25) is 0 Å². The Morgan fingerprint density at radius 2 is 1.96 bits per heavy atom. The van der Waals surface area contributed by atoms with Gasteiger partial charge in [0.15, 0.2) is 0 Å². The molecule has 0 aromatic rings. The third-order valence-corrected chi connectivity index (χ3v) is 9.17. The molecule has 0 bridgehead atoms. The Kier molecular flexibility index (Phi) is 4.32. The molecule has 2 nitrogen and oxygen atoms in total. The smallest absolute Gasteiger partial charge is 0.305 e. The average Bonchev–Trinajstić information content (AvgIpc) is 2.90. The van der Waals surface area contributed by atoms with Crippen LogP contribution >= 0.6 is 0 Å². The third kappa shape index (κ3) is 2.61. The first-order valence-electron chi connectivity index (χ1n) is 10.7. The van der Waals surface area contributed by atoms with E-state index < -0.39 is 0 Å². The highest BCUT2D eigenvalue weighted by atomic mass is 16.5. The van der Waals surface area contributed by atoms with Gasteiger partial charge in [0.1, 0.15) is 6.10 Å². The standard InChI is InChI=1S/C23H36O2/c1-5-21(24)25-17-10-12-23(4)16(14-17)7-8-18-19-9-6-15(2)22(19,3)13-11-20(18)23/h6,16-20H,5,7-14H2,1-4H3. The van der Waals surface area contributed by atoms with E-state index in [1.54, 1.807) is 5.57 Å². The molecule has 3 fully saturated rings. The van der Waals surface area contributed by atoms with Crippen molar-refractivity contribution in [1.29, 1.82) is 0 Å². The molecule has 0 N–H and O–H groups in total. The van der Waals surface area contributed by atoms with Crippen LogP contribution in [0, 0.1) is 34.5 Å². The summed E-state index contributed by atoms with van der Waals surface area (Å²) in [7, 11) is 0. The fourth-order valence-corrected chi connectivity index (χ4v) is 7.38. The van der Waals surface area contributed by atoms with Gasteiger partial charge in [0, 0.05) is 6.42 Å². The lowest BCUT2D eigenvalue weighted by atomic mass is 9.45. The van der Waals surface area contributed by atoms with Crippen molar-refractivity contribution in [2.24, 2.45) is 34.5 Å². The van der Waals surface area contributed by atoms with Gasteiger partial charge in [-0.15, -0.1) is 0 Å². The molecule has 0 heterocycles. The van der Waals surface area contributed by atoms with Crippen molar-refractivity contribution >= 4 is 5.97 Å². The van der Waals surface area contributed by atoms with E-state index in [0.29, 0.717) is 17.3 Å². The summed E-state index contributed by atoms with van der Waals surface area (Å²) in [6.07, 6.45) is 13.6. The van der Waals surface area contributed by atoms with Crippen LogP contribution in [0.5, 0.6) is 0 Å². The van der Waals surface area contributed by atoms with Gasteiger partial charge in [0.25, 0.3) is 0 Å². The van der Waals surface area contributed by atoms with E-state index in [2.05, 4.69) is 26.8 Å². The van der Waals surface area contributed by atoms with Crippen molar-refractivity contribution in [2.75, 3.05) is 0 Å². The van der Waals surface area contributed by atoms with Crippen molar-refractivity contribution in [3.05, 3.63) is 11.6 Å². The van der Waals surface area contributed by atoms with Crippen LogP contribution in [0.4, 0.5) is 0 Å². The van der Waals surface area contributed by atoms with Gasteiger partial charge in [-0.05, 0) is 92.8 Å². The summed E-state index contributed by atoms with van der Waals surface area (Å²) in [4.78, 5) is 11.7. The summed E-state index contributed by atoms with van der Waals surface area (Å²) in [6.45, 7) is 9.41. The van der Waals surface area contributed by atoms with Gasteiger partial charge < -0.3 is 4.74 Å². The molecule has 7 unspecified atom stereocenters. The topological polar surface area (TPSA) is 26.3 Å². The van der Waals surface area contributed by atoms with Crippen molar-refractivity contribution in [3.8, 4) is 0 Å². The summed E-state index contributed by atoms with van der Waals surface area (Å²) in [5, 5.41) is 0. The number of carbonyl (C=O) groups excluding carboxylic acids is 1. The van der Waals surface area contributed by atoms with Crippen LogP contribution in [-0.4, -0.2) is 12.1 Å². The number of hydrogen-bond acceptors (Lipinski definition) is 2. The zero-order valence-electron chi connectivity index (χ0n) is 16.6. The number of fused-ring (bicyclic) bond motifs is 5. The van der Waals surface area contributed by atoms with Gasteiger partial charge in [-0.2, -0.15) is 0 Å². The Labute approximate surface area is 153 Å². The maximum Gasteiger partial charge on any atom is 0.305 e. The van der Waals surface area contributed by atoms with E-state index in [-0.39, 0.29) is 12.1 Å². The van der Waals surface area contributed by atoms with Crippen molar-refractivity contribution in [3.63, 3.8) is 0 Å². The minimum absolute atomic E-state index is 0.0109. The molecule has 2 heteroatoms. The molecule has 0 amide bonds. The van der Waals surface area contributed by atoms with Crippen LogP contribution in [0.2, 0.25) is 0 Å². The fourth-order valence-electron chi connectivity index (χ4n) is 7.38. The van der Waals surface area contributed by atoms with Crippen LogP contribution in [0.1, 0.15) is 85.5 Å². The molecule has 3 saturated carbocycles. The normalized spacial score (nSPS) is 48.8. The van der Waals surface area contributed by atoms with Gasteiger partial charge in [-0.3, -0.25) is 4.79 Å². The Morgan fingerprint density at radius 1 is 1.16 bits per heavy atom. The van der Waals surface area contributed by atoms with E-state index in [1.807, 2.05) is 6.92 Å². The molecule has 0 radical (unpaired) electrons. The number of esters is 1. The van der Waals surface area contributed by atoms with Gasteiger partial charge in [0.05, 0.1) is 0 Å². The van der Waals surface area contributed by atoms with Crippen LogP contribution in [-0.2, 0) is 9.53 Å². The molecule has 25 heavy (non-hydrogen) atoms. The van der Waals surface area contributed by atoms with Gasteiger partial charge in [-0.25, -0.2) is 0 Å². The molecule has 0 aliphatic heterocycles. The van der Waals surface area contributed by atoms with Gasteiger partial charge >= 0.3 is 5.97 Å². The number of ether oxygens (including phenoxy) is 1. The minimum atomic E-state index is -0.0109. The van der Waals surface area contributed by atoms with E-state index >= 15 is 0 Å². The Bertz CT molecular complexity index is 579. The fraction of sp³-hybridized carbons (Fsp3) is 0.870. The largest absolute Gasteiger partial charge is 0.462 e. The summed E-state index contributed by atoms with van der Waals surface area (Å²) in [5.74, 6) is 3.45. The maximum absolute atomic E-state index is 11.7. The second kappa shape index (κ2) is 6.13. The molecule has 0 spiro atoms. The molecule has 0 aromatic carbocycles. The lowest BCUT2D eigenvalue weighted by Gasteiger charge is -2.60. The highest BCUT2D eigenvalue weighted by molar-refractivity contribution is 5.69. The summed E-state index contributed by atoms with van der Waals surface area (Å²) in [6, 6.07) is 0. The first kappa shape index (κ1) is 17.6. The van der Waals surface area contributed by atoms with Crippen LogP contribution in [0.3, 0.4) is 0 Å². The second-order valence-electron chi connectivity index (χ2n) is 9.98. The van der Waals surface area contributed by atoms with Crippen LogP contribution < -0.4 is 0 Å². The van der Waals surface area contributed by atoms with Crippen molar-refractivity contribution < 1.29 is 9.53 Å². The third-order valence-electron chi connectivity index (χ3n) is 9.17. The Balaban J connectivity index is 1.50. The zero-order valence-corrected chi connectivity index (χ0v) is 16.6. The van der Waals surface area contributed by atoms with Gasteiger partial charge in [-0.1, -0.05) is 32.4 Å². The molecule has 4 rings (SSSR count). The summed E-state index contributed by atoms with van der Waals surface area (Å²) < 4.78 is 5.72. The molecular weight excluding hydrogens is 308 g/mol. The SMILES string of the molecule is CCC(=O)OC1CCC2(C)C(CCC3C4CC=C(C)C4(C)CCC32)C1. The lowest BCUT2D eigenvalue weighted by Crippen LogP contribution is -2.53. The molecular formula is C23H36O2.